The number of fused-ring (bicyclic) bond motifs is 1. The maximum absolute atomic E-state index is 11.6. The molecule has 0 saturated carbocycles. The molecule has 0 aromatic heterocycles. The average Bonchev–Trinajstić information content (AvgIpc) is 2.34. The lowest BCUT2D eigenvalue weighted by Crippen LogP contribution is -2.31. The third-order valence-corrected chi connectivity index (χ3v) is 3.72. The van der Waals surface area contributed by atoms with Crippen molar-refractivity contribution in [3.63, 3.8) is 0 Å². The van der Waals surface area contributed by atoms with E-state index in [4.69, 9.17) is 0 Å². The first kappa shape index (κ1) is 12.8. The van der Waals surface area contributed by atoms with Gasteiger partial charge in [0.1, 0.15) is 5.78 Å². The molecule has 96 valence electrons. The van der Waals surface area contributed by atoms with Gasteiger partial charge in [-0.25, -0.2) is 0 Å². The Morgan fingerprint density at radius 3 is 2.78 bits per heavy atom. The zero-order chi connectivity index (χ0) is 13.3. The first-order chi connectivity index (χ1) is 8.49. The van der Waals surface area contributed by atoms with Gasteiger partial charge in [-0.05, 0) is 37.0 Å². The molecule has 18 heavy (non-hydrogen) atoms. The monoisotopic (exact) mass is 245 g/mol. The minimum absolute atomic E-state index is 0.0611. The Kier molecular flexibility index (Phi) is 3.50. The topological polar surface area (TPSA) is 37.4 Å². The largest absolute Gasteiger partial charge is 0.315 e. The zero-order valence-corrected chi connectivity index (χ0v) is 11.2. The quantitative estimate of drug-likeness (QED) is 0.819. The molecule has 1 aliphatic heterocycles. The lowest BCUT2D eigenvalue weighted by molar-refractivity contribution is -0.120. The van der Waals surface area contributed by atoms with Crippen LogP contribution in [0, 0.1) is 5.92 Å². The van der Waals surface area contributed by atoms with Crippen LogP contribution in [0.15, 0.2) is 18.2 Å². The van der Waals surface area contributed by atoms with Crippen molar-refractivity contribution in [3.05, 3.63) is 29.3 Å². The summed E-state index contributed by atoms with van der Waals surface area (Å²) in [5.41, 5.74) is 3.40. The van der Waals surface area contributed by atoms with E-state index in [1.165, 1.54) is 11.1 Å². The van der Waals surface area contributed by atoms with Crippen molar-refractivity contribution < 1.29 is 9.59 Å². The van der Waals surface area contributed by atoms with E-state index < -0.39 is 0 Å². The summed E-state index contributed by atoms with van der Waals surface area (Å²) in [4.78, 5) is 24.6. The highest BCUT2D eigenvalue weighted by molar-refractivity contribution is 5.95. The average molecular weight is 245 g/mol. The lowest BCUT2D eigenvalue weighted by Gasteiger charge is -2.26. The van der Waals surface area contributed by atoms with Gasteiger partial charge in [-0.1, -0.05) is 19.1 Å². The molecule has 1 amide bonds. The van der Waals surface area contributed by atoms with Crippen LogP contribution >= 0.6 is 0 Å². The molecular weight excluding hydrogens is 226 g/mol. The van der Waals surface area contributed by atoms with Crippen LogP contribution in [0.2, 0.25) is 0 Å². The number of hydrogen-bond donors (Lipinski definition) is 0. The summed E-state index contributed by atoms with van der Waals surface area (Å²) in [5.74, 6) is 0.457. The van der Waals surface area contributed by atoms with Crippen molar-refractivity contribution >= 4 is 17.4 Å². The number of nitrogens with zero attached hydrogens (tertiary/aromatic N) is 1. The van der Waals surface area contributed by atoms with Crippen molar-refractivity contribution in [2.45, 2.75) is 33.1 Å². The molecule has 0 saturated heterocycles. The Hall–Kier alpha value is -1.64. The molecular formula is C15H19NO2. The van der Waals surface area contributed by atoms with Gasteiger partial charge in [0, 0.05) is 25.1 Å². The molecule has 3 nitrogen and oxygen atoms in total. The molecule has 1 unspecified atom stereocenters. The summed E-state index contributed by atoms with van der Waals surface area (Å²) in [6.45, 7) is 3.59. The third kappa shape index (κ3) is 2.45. The number of hydrogen-bond acceptors (Lipinski definition) is 2. The van der Waals surface area contributed by atoms with Crippen LogP contribution in [0.1, 0.15) is 31.4 Å². The van der Waals surface area contributed by atoms with E-state index in [2.05, 4.69) is 6.07 Å². The predicted molar refractivity (Wildman–Crippen MR) is 71.7 cm³/mol. The number of anilines is 1. The molecule has 1 aromatic rings. The molecule has 1 atom stereocenters. The van der Waals surface area contributed by atoms with Gasteiger partial charge in [0.15, 0.2) is 0 Å². The normalized spacial score (nSPS) is 16.4. The van der Waals surface area contributed by atoms with Crippen LogP contribution in [0.5, 0.6) is 0 Å². The lowest BCUT2D eigenvalue weighted by atomic mass is 9.93. The molecule has 0 spiro atoms. The van der Waals surface area contributed by atoms with Gasteiger partial charge >= 0.3 is 0 Å². The van der Waals surface area contributed by atoms with Crippen molar-refractivity contribution in [1.82, 2.24) is 0 Å². The van der Waals surface area contributed by atoms with Crippen molar-refractivity contribution in [1.29, 1.82) is 0 Å². The molecule has 1 aliphatic rings. The van der Waals surface area contributed by atoms with Crippen LogP contribution in [0.4, 0.5) is 5.69 Å². The predicted octanol–water partition coefficient (Wildman–Crippen LogP) is 2.36. The number of carbonyl (C=O) groups excluding carboxylic acids is 2. The fourth-order valence-corrected chi connectivity index (χ4v) is 2.33. The molecule has 3 heteroatoms. The number of aryl methyl sites for hydroxylation is 1. The van der Waals surface area contributed by atoms with Crippen molar-refractivity contribution in [3.8, 4) is 0 Å². The highest BCUT2D eigenvalue weighted by Gasteiger charge is 2.21. The molecule has 0 fully saturated rings. The van der Waals surface area contributed by atoms with Gasteiger partial charge < -0.3 is 4.90 Å². The van der Waals surface area contributed by atoms with Gasteiger partial charge in [0.25, 0.3) is 0 Å². The van der Waals surface area contributed by atoms with Gasteiger partial charge in [-0.15, -0.1) is 0 Å². The van der Waals surface area contributed by atoms with E-state index in [0.29, 0.717) is 6.42 Å². The Balaban J connectivity index is 2.23. The Morgan fingerprint density at radius 2 is 2.11 bits per heavy atom. The maximum atomic E-state index is 11.6. The van der Waals surface area contributed by atoms with E-state index >= 15 is 0 Å². The van der Waals surface area contributed by atoms with Crippen molar-refractivity contribution in [2.24, 2.45) is 5.92 Å². The highest BCUT2D eigenvalue weighted by atomic mass is 16.2. The molecule has 0 radical (unpaired) electrons. The van der Waals surface area contributed by atoms with E-state index in [0.717, 1.165) is 18.5 Å². The van der Waals surface area contributed by atoms with E-state index in [-0.39, 0.29) is 17.6 Å². The second-order valence-electron chi connectivity index (χ2n) is 5.13. The number of rotatable bonds is 3. The standard InChI is InChI=1S/C15H19NO2/c1-10(11(2)17)8-12-4-6-14-13(9-12)5-7-15(18)16(14)3/h4,6,9-10H,5,7-8H2,1-3H3. The summed E-state index contributed by atoms with van der Waals surface area (Å²) in [6.07, 6.45) is 2.16. The van der Waals surface area contributed by atoms with Crippen LogP contribution < -0.4 is 4.90 Å². The SMILES string of the molecule is CC(=O)C(C)Cc1ccc2c(c1)CCC(=O)N2C. The highest BCUT2D eigenvalue weighted by Crippen LogP contribution is 2.28. The Morgan fingerprint density at radius 1 is 1.39 bits per heavy atom. The minimum Gasteiger partial charge on any atom is -0.315 e. The molecule has 1 heterocycles. The summed E-state index contributed by atoms with van der Waals surface area (Å²) in [7, 11) is 1.82. The number of benzene rings is 1. The van der Waals surface area contributed by atoms with Crippen LogP contribution in [-0.4, -0.2) is 18.7 Å². The molecule has 0 N–H and O–H groups in total. The van der Waals surface area contributed by atoms with Crippen LogP contribution in [-0.2, 0) is 22.4 Å². The fraction of sp³-hybridized carbons (Fsp3) is 0.467. The van der Waals surface area contributed by atoms with E-state index in [1.54, 1.807) is 11.8 Å². The Labute approximate surface area is 108 Å². The van der Waals surface area contributed by atoms with Gasteiger partial charge in [-0.2, -0.15) is 0 Å². The van der Waals surface area contributed by atoms with Crippen LogP contribution in [0.25, 0.3) is 0 Å². The zero-order valence-electron chi connectivity index (χ0n) is 11.2. The number of ketones is 1. The Bertz CT molecular complexity index is 493. The molecule has 0 bridgehead atoms. The second kappa shape index (κ2) is 4.92. The maximum Gasteiger partial charge on any atom is 0.227 e. The fourth-order valence-electron chi connectivity index (χ4n) is 2.33. The first-order valence-corrected chi connectivity index (χ1v) is 6.38. The molecule has 0 aliphatic carbocycles. The first-order valence-electron chi connectivity index (χ1n) is 6.38. The number of amides is 1. The van der Waals surface area contributed by atoms with Crippen molar-refractivity contribution in [2.75, 3.05) is 11.9 Å². The minimum atomic E-state index is 0.0611. The van der Waals surface area contributed by atoms with Gasteiger partial charge in [0.2, 0.25) is 5.91 Å². The molecule has 2 rings (SSSR count). The van der Waals surface area contributed by atoms with Gasteiger partial charge in [-0.3, -0.25) is 9.59 Å². The summed E-state index contributed by atoms with van der Waals surface area (Å²) < 4.78 is 0. The summed E-state index contributed by atoms with van der Waals surface area (Å²) in [5, 5.41) is 0. The van der Waals surface area contributed by atoms with Crippen LogP contribution in [0.3, 0.4) is 0 Å². The van der Waals surface area contributed by atoms with E-state index in [9.17, 15) is 9.59 Å². The number of carbonyl (C=O) groups is 2. The third-order valence-electron chi connectivity index (χ3n) is 3.72. The second-order valence-corrected chi connectivity index (χ2v) is 5.13. The smallest absolute Gasteiger partial charge is 0.227 e. The summed E-state index contributed by atoms with van der Waals surface area (Å²) >= 11 is 0. The number of Topliss-reactive ketones (excluding diaryl/α,β-unsaturated/α-hetero) is 1. The van der Waals surface area contributed by atoms with Gasteiger partial charge in [0.05, 0.1) is 0 Å². The van der Waals surface area contributed by atoms with E-state index in [1.807, 2.05) is 26.1 Å². The summed E-state index contributed by atoms with van der Waals surface area (Å²) in [6, 6.07) is 6.15. The molecule has 1 aromatic carbocycles.